The van der Waals surface area contributed by atoms with Crippen molar-refractivity contribution in [3.63, 3.8) is 0 Å². The molecule has 2 saturated heterocycles. The summed E-state index contributed by atoms with van der Waals surface area (Å²) in [5.41, 5.74) is 1.97. The highest BCUT2D eigenvalue weighted by Crippen LogP contribution is 2.18. The third-order valence-electron chi connectivity index (χ3n) is 4.36. The van der Waals surface area contributed by atoms with Crippen LogP contribution in [0.3, 0.4) is 0 Å². The van der Waals surface area contributed by atoms with E-state index in [-0.39, 0.29) is 11.9 Å². The lowest BCUT2D eigenvalue weighted by atomic mass is 10.1. The molecule has 120 valence electrons. The first kappa shape index (κ1) is 15.5. The predicted octanol–water partition coefficient (Wildman–Crippen LogP) is 1.43. The second-order valence-electron chi connectivity index (χ2n) is 5.96. The molecule has 1 aromatic carbocycles. The van der Waals surface area contributed by atoms with Gasteiger partial charge in [-0.15, -0.1) is 0 Å². The van der Waals surface area contributed by atoms with Gasteiger partial charge >= 0.3 is 0 Å². The van der Waals surface area contributed by atoms with Crippen molar-refractivity contribution >= 4 is 11.5 Å². The number of Topliss-reactive ketones (excluding diaryl/α,β-unsaturated/α-hetero) is 1. The van der Waals surface area contributed by atoms with E-state index in [9.17, 15) is 4.79 Å². The SMILES string of the molecule is CC(=O)c1ccc(N2CCN(C[C@H]3COCCO3)CC2)cc1. The predicted molar refractivity (Wildman–Crippen MR) is 85.7 cm³/mol. The highest BCUT2D eigenvalue weighted by atomic mass is 16.6. The summed E-state index contributed by atoms with van der Waals surface area (Å²) in [7, 11) is 0. The number of carbonyl (C=O) groups is 1. The lowest BCUT2D eigenvalue weighted by Gasteiger charge is -2.38. The van der Waals surface area contributed by atoms with E-state index in [4.69, 9.17) is 9.47 Å². The average molecular weight is 304 g/mol. The lowest BCUT2D eigenvalue weighted by Crippen LogP contribution is -2.50. The Hall–Kier alpha value is -1.43. The van der Waals surface area contributed by atoms with Crippen LogP contribution in [0.1, 0.15) is 17.3 Å². The first-order valence-corrected chi connectivity index (χ1v) is 8.00. The summed E-state index contributed by atoms with van der Waals surface area (Å²) in [6.45, 7) is 8.80. The maximum Gasteiger partial charge on any atom is 0.159 e. The van der Waals surface area contributed by atoms with Crippen LogP contribution in [0.5, 0.6) is 0 Å². The van der Waals surface area contributed by atoms with E-state index < -0.39 is 0 Å². The van der Waals surface area contributed by atoms with E-state index in [0.717, 1.165) is 44.9 Å². The molecule has 2 aliphatic rings. The monoisotopic (exact) mass is 304 g/mol. The second kappa shape index (κ2) is 7.22. The highest BCUT2D eigenvalue weighted by molar-refractivity contribution is 5.94. The standard InChI is InChI=1S/C17H24N2O3/c1-14(20)15-2-4-16(5-3-15)19-8-6-18(7-9-19)12-17-13-21-10-11-22-17/h2-5,17H,6-13H2,1H3/t17-/m0/s1. The lowest BCUT2D eigenvalue weighted by molar-refractivity contribution is -0.0977. The van der Waals surface area contributed by atoms with Crippen molar-refractivity contribution < 1.29 is 14.3 Å². The van der Waals surface area contributed by atoms with Crippen LogP contribution in [-0.2, 0) is 9.47 Å². The van der Waals surface area contributed by atoms with E-state index in [0.29, 0.717) is 13.2 Å². The molecule has 2 heterocycles. The molecule has 0 aliphatic carbocycles. The largest absolute Gasteiger partial charge is 0.376 e. The zero-order valence-electron chi connectivity index (χ0n) is 13.2. The van der Waals surface area contributed by atoms with Gasteiger partial charge in [-0.25, -0.2) is 0 Å². The number of hydrogen-bond acceptors (Lipinski definition) is 5. The Morgan fingerprint density at radius 3 is 2.45 bits per heavy atom. The van der Waals surface area contributed by atoms with Crippen molar-refractivity contribution in [2.24, 2.45) is 0 Å². The number of benzene rings is 1. The van der Waals surface area contributed by atoms with Crippen molar-refractivity contribution in [2.45, 2.75) is 13.0 Å². The van der Waals surface area contributed by atoms with Gasteiger partial charge in [-0.1, -0.05) is 0 Å². The summed E-state index contributed by atoms with van der Waals surface area (Å²) in [5, 5.41) is 0. The molecule has 5 heteroatoms. The van der Waals surface area contributed by atoms with E-state index in [1.807, 2.05) is 24.3 Å². The maximum absolute atomic E-state index is 11.3. The van der Waals surface area contributed by atoms with Crippen molar-refractivity contribution in [3.05, 3.63) is 29.8 Å². The molecule has 2 fully saturated rings. The Labute approximate surface area is 131 Å². The highest BCUT2D eigenvalue weighted by Gasteiger charge is 2.22. The van der Waals surface area contributed by atoms with Gasteiger partial charge in [0, 0.05) is 44.0 Å². The number of ether oxygens (including phenoxy) is 2. The van der Waals surface area contributed by atoms with Gasteiger partial charge in [0.15, 0.2) is 5.78 Å². The molecule has 2 aliphatic heterocycles. The third kappa shape index (κ3) is 3.85. The molecule has 5 nitrogen and oxygen atoms in total. The van der Waals surface area contributed by atoms with Crippen LogP contribution in [0.25, 0.3) is 0 Å². The van der Waals surface area contributed by atoms with E-state index in [2.05, 4.69) is 9.80 Å². The van der Waals surface area contributed by atoms with Gasteiger partial charge < -0.3 is 14.4 Å². The Morgan fingerprint density at radius 2 is 1.86 bits per heavy atom. The summed E-state index contributed by atoms with van der Waals surface area (Å²) >= 11 is 0. The fourth-order valence-corrected chi connectivity index (χ4v) is 3.03. The molecule has 0 aromatic heterocycles. The van der Waals surface area contributed by atoms with Gasteiger partial charge in [0.25, 0.3) is 0 Å². The van der Waals surface area contributed by atoms with Gasteiger partial charge in [0.1, 0.15) is 0 Å². The minimum atomic E-state index is 0.117. The summed E-state index contributed by atoms with van der Waals surface area (Å²) in [6, 6.07) is 7.92. The molecule has 0 radical (unpaired) electrons. The Morgan fingerprint density at radius 1 is 1.14 bits per heavy atom. The Balaban J connectivity index is 1.49. The van der Waals surface area contributed by atoms with Crippen LogP contribution >= 0.6 is 0 Å². The average Bonchev–Trinajstić information content (AvgIpc) is 2.57. The molecule has 1 aromatic rings. The van der Waals surface area contributed by atoms with Crippen molar-refractivity contribution in [2.75, 3.05) is 57.4 Å². The Bertz CT molecular complexity index is 489. The second-order valence-corrected chi connectivity index (χ2v) is 5.96. The number of piperazine rings is 1. The molecule has 22 heavy (non-hydrogen) atoms. The summed E-state index contributed by atoms with van der Waals surface area (Å²) in [6.07, 6.45) is 0.218. The fraction of sp³-hybridized carbons (Fsp3) is 0.588. The quantitative estimate of drug-likeness (QED) is 0.787. The number of ketones is 1. The first-order chi connectivity index (χ1) is 10.7. The van der Waals surface area contributed by atoms with Gasteiger partial charge in [0.2, 0.25) is 0 Å². The molecular formula is C17H24N2O3. The molecule has 0 N–H and O–H groups in total. The van der Waals surface area contributed by atoms with Crippen LogP contribution in [-0.4, -0.2) is 69.3 Å². The molecule has 0 saturated carbocycles. The van der Waals surface area contributed by atoms with Crippen LogP contribution in [0.15, 0.2) is 24.3 Å². The number of nitrogens with zero attached hydrogens (tertiary/aromatic N) is 2. The van der Waals surface area contributed by atoms with Crippen LogP contribution in [0.4, 0.5) is 5.69 Å². The molecule has 0 amide bonds. The van der Waals surface area contributed by atoms with Crippen molar-refractivity contribution in [1.82, 2.24) is 4.90 Å². The van der Waals surface area contributed by atoms with E-state index >= 15 is 0 Å². The number of anilines is 1. The van der Waals surface area contributed by atoms with Crippen molar-refractivity contribution in [1.29, 1.82) is 0 Å². The van der Waals surface area contributed by atoms with Crippen LogP contribution < -0.4 is 4.90 Å². The van der Waals surface area contributed by atoms with Gasteiger partial charge in [-0.2, -0.15) is 0 Å². The van der Waals surface area contributed by atoms with E-state index in [1.54, 1.807) is 6.92 Å². The topological polar surface area (TPSA) is 42.0 Å². The normalized spacial score (nSPS) is 23.5. The zero-order valence-corrected chi connectivity index (χ0v) is 13.2. The van der Waals surface area contributed by atoms with Crippen LogP contribution in [0.2, 0.25) is 0 Å². The van der Waals surface area contributed by atoms with Crippen LogP contribution in [0, 0.1) is 0 Å². The van der Waals surface area contributed by atoms with E-state index in [1.165, 1.54) is 5.69 Å². The third-order valence-corrected chi connectivity index (χ3v) is 4.36. The number of rotatable bonds is 4. The fourth-order valence-electron chi connectivity index (χ4n) is 3.03. The number of carbonyl (C=O) groups excluding carboxylic acids is 1. The number of hydrogen-bond donors (Lipinski definition) is 0. The molecule has 0 spiro atoms. The van der Waals surface area contributed by atoms with Gasteiger partial charge in [-0.3, -0.25) is 9.69 Å². The maximum atomic E-state index is 11.3. The minimum Gasteiger partial charge on any atom is -0.376 e. The summed E-state index contributed by atoms with van der Waals surface area (Å²) in [5.74, 6) is 0.117. The minimum absolute atomic E-state index is 0.117. The molecule has 3 rings (SSSR count). The molecule has 0 unspecified atom stereocenters. The Kier molecular flexibility index (Phi) is 5.08. The summed E-state index contributed by atoms with van der Waals surface area (Å²) in [4.78, 5) is 16.1. The first-order valence-electron chi connectivity index (χ1n) is 8.00. The molecule has 0 bridgehead atoms. The smallest absolute Gasteiger partial charge is 0.159 e. The summed E-state index contributed by atoms with van der Waals surface area (Å²) < 4.78 is 11.2. The molecular weight excluding hydrogens is 280 g/mol. The van der Waals surface area contributed by atoms with Gasteiger partial charge in [0.05, 0.1) is 25.9 Å². The molecule has 1 atom stereocenters. The zero-order chi connectivity index (χ0) is 15.4. The van der Waals surface area contributed by atoms with Crippen molar-refractivity contribution in [3.8, 4) is 0 Å². The van der Waals surface area contributed by atoms with Gasteiger partial charge in [-0.05, 0) is 31.2 Å².